The summed E-state index contributed by atoms with van der Waals surface area (Å²) in [6, 6.07) is 19.2. The van der Waals surface area contributed by atoms with Crippen LogP contribution in [0, 0.1) is 29.5 Å². The Morgan fingerprint density at radius 2 is 1.85 bits per heavy atom. The number of aromatic nitrogens is 1. The fraction of sp³-hybridized carbons (Fsp3) is 0.324. The molecule has 0 spiro atoms. The average Bonchev–Trinajstić information content (AvgIpc) is 3.51. The van der Waals surface area contributed by atoms with Crippen molar-refractivity contribution >= 4 is 29.2 Å². The number of rotatable bonds is 7. The van der Waals surface area contributed by atoms with Crippen LogP contribution in [-0.4, -0.2) is 34.6 Å². The van der Waals surface area contributed by atoms with Crippen molar-refractivity contribution in [3.63, 3.8) is 0 Å². The number of pyridine rings is 1. The van der Waals surface area contributed by atoms with Gasteiger partial charge in [-0.3, -0.25) is 19.5 Å². The summed E-state index contributed by atoms with van der Waals surface area (Å²) in [6.45, 7) is 4.69. The monoisotopic (exact) mass is 552 g/mol. The molecule has 6 rings (SSSR count). The van der Waals surface area contributed by atoms with E-state index >= 15 is 0 Å². The van der Waals surface area contributed by atoms with Crippen LogP contribution in [0.2, 0.25) is 0 Å². The summed E-state index contributed by atoms with van der Waals surface area (Å²) in [7, 11) is 0. The molecule has 1 aromatic heterocycles. The third-order valence-corrected chi connectivity index (χ3v) is 8.64. The number of anilines is 1. The summed E-state index contributed by atoms with van der Waals surface area (Å²) in [5.41, 5.74) is 5.35. The Morgan fingerprint density at radius 1 is 1.07 bits per heavy atom. The zero-order chi connectivity index (χ0) is 28.7. The van der Waals surface area contributed by atoms with Crippen molar-refractivity contribution in [1.29, 1.82) is 0 Å². The van der Waals surface area contributed by atoms with Crippen LogP contribution in [0.15, 0.2) is 84.1 Å². The van der Waals surface area contributed by atoms with E-state index in [-0.39, 0.29) is 41.4 Å². The quantitative estimate of drug-likeness (QED) is 0.270. The van der Waals surface area contributed by atoms with Gasteiger partial charge in [-0.15, -0.1) is 0 Å². The second kappa shape index (κ2) is 11.1. The Balaban J connectivity index is 1.29. The van der Waals surface area contributed by atoms with Gasteiger partial charge in [-0.25, -0.2) is 4.39 Å². The zero-order valence-corrected chi connectivity index (χ0v) is 23.2. The maximum absolute atomic E-state index is 14.1. The number of amides is 2. The lowest BCUT2D eigenvalue weighted by Crippen LogP contribution is -2.35. The Kier molecular flexibility index (Phi) is 7.30. The van der Waals surface area contributed by atoms with Crippen LogP contribution in [0.25, 0.3) is 11.6 Å². The molecule has 1 aliphatic carbocycles. The lowest BCUT2D eigenvalue weighted by molar-refractivity contribution is -0.122. The highest BCUT2D eigenvalue weighted by Crippen LogP contribution is 2.52. The van der Waals surface area contributed by atoms with E-state index in [2.05, 4.69) is 18.8 Å². The Labute approximate surface area is 239 Å². The molecule has 2 amide bonds. The van der Waals surface area contributed by atoms with Gasteiger partial charge in [0.2, 0.25) is 11.8 Å². The van der Waals surface area contributed by atoms with Gasteiger partial charge in [0, 0.05) is 12.1 Å². The SMILES string of the molecule is CC(C)C1=C2[C@@H](CC/C(=C/c3ccc(O)c(F)c3)c3ccccn3)OC[C@@H]2[C@@H]2C(=O)N(c3ccccc3)C(=O)[C@@H]2C1. The highest BCUT2D eigenvalue weighted by atomic mass is 19.1. The van der Waals surface area contributed by atoms with Crippen LogP contribution < -0.4 is 4.90 Å². The molecule has 0 radical (unpaired) electrons. The molecular formula is C34H33FN2O4. The van der Waals surface area contributed by atoms with Crippen LogP contribution in [0.4, 0.5) is 10.1 Å². The molecule has 41 heavy (non-hydrogen) atoms. The van der Waals surface area contributed by atoms with Gasteiger partial charge in [-0.1, -0.05) is 49.8 Å². The van der Waals surface area contributed by atoms with Gasteiger partial charge in [0.1, 0.15) is 0 Å². The number of allylic oxidation sites excluding steroid dienone is 2. The molecule has 1 N–H and O–H groups in total. The average molecular weight is 553 g/mol. The smallest absolute Gasteiger partial charge is 0.238 e. The predicted octanol–water partition coefficient (Wildman–Crippen LogP) is 6.42. The van der Waals surface area contributed by atoms with Gasteiger partial charge in [0.25, 0.3) is 0 Å². The number of imide groups is 1. The van der Waals surface area contributed by atoms with Gasteiger partial charge in [-0.2, -0.15) is 0 Å². The highest BCUT2D eigenvalue weighted by Gasteiger charge is 2.57. The number of halogens is 1. The number of hydrogen-bond donors (Lipinski definition) is 1. The van der Waals surface area contributed by atoms with E-state index in [4.69, 9.17) is 4.74 Å². The molecule has 4 atom stereocenters. The van der Waals surface area contributed by atoms with Gasteiger partial charge in [0.15, 0.2) is 11.6 Å². The number of phenols is 1. The van der Waals surface area contributed by atoms with Gasteiger partial charge < -0.3 is 9.84 Å². The first kappa shape index (κ1) is 27.1. The van der Waals surface area contributed by atoms with Gasteiger partial charge in [-0.05, 0) is 84.4 Å². The summed E-state index contributed by atoms with van der Waals surface area (Å²) in [6.07, 6.45) is 5.27. The lowest BCUT2D eigenvalue weighted by atomic mass is 9.67. The Morgan fingerprint density at radius 3 is 2.56 bits per heavy atom. The molecule has 3 aromatic rings. The molecule has 3 aliphatic rings. The van der Waals surface area contributed by atoms with E-state index in [0.717, 1.165) is 11.3 Å². The fourth-order valence-electron chi connectivity index (χ4n) is 6.72. The number of phenolic OH excluding ortho intramolecular Hbond substituents is 1. The van der Waals surface area contributed by atoms with Crippen molar-refractivity contribution in [1.82, 2.24) is 4.98 Å². The second-order valence-electron chi connectivity index (χ2n) is 11.4. The van der Waals surface area contributed by atoms with E-state index in [1.807, 2.05) is 54.6 Å². The van der Waals surface area contributed by atoms with Crippen molar-refractivity contribution in [2.75, 3.05) is 11.5 Å². The minimum Gasteiger partial charge on any atom is -0.505 e. The molecule has 6 nitrogen and oxygen atoms in total. The maximum Gasteiger partial charge on any atom is 0.238 e. The van der Waals surface area contributed by atoms with Crippen LogP contribution >= 0.6 is 0 Å². The fourth-order valence-corrected chi connectivity index (χ4v) is 6.72. The third-order valence-electron chi connectivity index (χ3n) is 8.64. The largest absolute Gasteiger partial charge is 0.505 e. The Bertz CT molecular complexity index is 1530. The molecule has 7 heteroatoms. The molecule has 210 valence electrons. The summed E-state index contributed by atoms with van der Waals surface area (Å²) in [5, 5.41) is 9.62. The van der Waals surface area contributed by atoms with Crippen LogP contribution in [0.3, 0.4) is 0 Å². The predicted molar refractivity (Wildman–Crippen MR) is 155 cm³/mol. The normalized spacial score (nSPS) is 24.3. The molecule has 2 aromatic carbocycles. The minimum absolute atomic E-state index is 0.117. The van der Waals surface area contributed by atoms with Crippen molar-refractivity contribution in [3.05, 3.63) is 101 Å². The van der Waals surface area contributed by atoms with Crippen molar-refractivity contribution in [2.45, 2.75) is 39.2 Å². The first-order chi connectivity index (χ1) is 19.8. The molecule has 2 aliphatic heterocycles. The number of hydrogen-bond acceptors (Lipinski definition) is 5. The topological polar surface area (TPSA) is 79.7 Å². The molecule has 0 saturated carbocycles. The van der Waals surface area contributed by atoms with E-state index in [9.17, 15) is 19.1 Å². The maximum atomic E-state index is 14.1. The number of para-hydroxylation sites is 1. The molecule has 0 unspecified atom stereocenters. The van der Waals surface area contributed by atoms with Gasteiger partial charge in [0.05, 0.1) is 35.9 Å². The van der Waals surface area contributed by atoms with E-state index in [1.54, 1.807) is 12.3 Å². The first-order valence-electron chi connectivity index (χ1n) is 14.2. The number of benzene rings is 2. The van der Waals surface area contributed by atoms with Gasteiger partial charge >= 0.3 is 0 Å². The number of nitrogens with zero attached hydrogens (tertiary/aromatic N) is 2. The molecule has 0 bridgehead atoms. The molecular weight excluding hydrogens is 519 g/mol. The number of carbonyl (C=O) groups is 2. The van der Waals surface area contributed by atoms with Crippen molar-refractivity contribution in [3.8, 4) is 5.75 Å². The summed E-state index contributed by atoms with van der Waals surface area (Å²) >= 11 is 0. The van der Waals surface area contributed by atoms with Crippen molar-refractivity contribution < 1.29 is 23.8 Å². The number of carbonyl (C=O) groups excluding carboxylic acids is 2. The van der Waals surface area contributed by atoms with E-state index in [1.165, 1.54) is 28.2 Å². The lowest BCUT2D eigenvalue weighted by Gasteiger charge is -2.33. The first-order valence-corrected chi connectivity index (χ1v) is 14.2. The highest BCUT2D eigenvalue weighted by molar-refractivity contribution is 6.22. The Hall–Kier alpha value is -4.10. The minimum atomic E-state index is -0.676. The summed E-state index contributed by atoms with van der Waals surface area (Å²) < 4.78 is 20.5. The van der Waals surface area contributed by atoms with E-state index in [0.29, 0.717) is 37.1 Å². The standard InChI is InChI=1S/C34H33FN2O4/c1-20(2)24-18-25-32(34(40)37(33(25)39)23-8-4-3-5-9-23)26-19-41-30(31(24)26)14-12-22(28-10-6-7-15-36-28)16-21-11-13-29(38)27(35)17-21/h3-11,13,15-17,20,25-26,30,32,38H,12,14,18-19H2,1-2H3/b22-16-/t25-,26+,30-,32-/m1/s1. The van der Waals surface area contributed by atoms with Crippen LogP contribution in [-0.2, 0) is 14.3 Å². The zero-order valence-electron chi connectivity index (χ0n) is 23.2. The summed E-state index contributed by atoms with van der Waals surface area (Å²) in [4.78, 5) is 33.2. The van der Waals surface area contributed by atoms with E-state index < -0.39 is 11.7 Å². The second-order valence-corrected chi connectivity index (χ2v) is 11.4. The summed E-state index contributed by atoms with van der Waals surface area (Å²) in [5.74, 6) is -2.02. The number of fused-ring (bicyclic) bond motifs is 3. The third kappa shape index (κ3) is 4.99. The molecule has 3 heterocycles. The molecule has 2 saturated heterocycles. The van der Waals surface area contributed by atoms with Crippen molar-refractivity contribution in [2.24, 2.45) is 23.7 Å². The number of ether oxygens (including phenoxy) is 1. The molecule has 2 fully saturated rings. The van der Waals surface area contributed by atoms with Crippen LogP contribution in [0.1, 0.15) is 44.4 Å². The van der Waals surface area contributed by atoms with Crippen LogP contribution in [0.5, 0.6) is 5.75 Å². The number of aromatic hydroxyl groups is 1.